The normalized spacial score (nSPS) is 10.7. The van der Waals surface area contributed by atoms with Gasteiger partial charge in [0.15, 0.2) is 5.82 Å². The van der Waals surface area contributed by atoms with Gasteiger partial charge in [-0.1, -0.05) is 6.92 Å². The molecule has 0 unspecified atom stereocenters. The molecule has 0 aliphatic carbocycles. The number of hydrogen-bond donors (Lipinski definition) is 1. The van der Waals surface area contributed by atoms with Crippen molar-refractivity contribution >= 4 is 28.4 Å². The summed E-state index contributed by atoms with van der Waals surface area (Å²) in [6.45, 7) is 5.02. The van der Waals surface area contributed by atoms with E-state index >= 15 is 0 Å². The third-order valence-electron chi connectivity index (χ3n) is 2.56. The molecule has 0 aromatic carbocycles. The fourth-order valence-corrected chi connectivity index (χ4v) is 2.49. The van der Waals surface area contributed by atoms with Crippen LogP contribution in [0.1, 0.15) is 19.5 Å². The first-order chi connectivity index (χ1) is 8.65. The summed E-state index contributed by atoms with van der Waals surface area (Å²) in [6, 6.07) is 0. The molecule has 96 valence electrons. The largest absolute Gasteiger partial charge is 0.369 e. The van der Waals surface area contributed by atoms with Crippen LogP contribution in [0.15, 0.2) is 12.4 Å². The van der Waals surface area contributed by atoms with Crippen LogP contribution in [0.25, 0.3) is 11.4 Å². The van der Waals surface area contributed by atoms with Crippen LogP contribution in [-0.4, -0.2) is 26.3 Å². The molecule has 6 heteroatoms. The first-order valence-electron chi connectivity index (χ1n) is 5.95. The van der Waals surface area contributed by atoms with Gasteiger partial charge >= 0.3 is 0 Å². The topological polar surface area (TPSA) is 55.6 Å². The first-order valence-corrected chi connectivity index (χ1v) is 7.02. The molecule has 18 heavy (non-hydrogen) atoms. The summed E-state index contributed by atoms with van der Waals surface area (Å²) in [4.78, 5) is 9.18. The first kappa shape index (κ1) is 13.3. The number of halogens is 1. The number of rotatable bonds is 4. The molecular weight excluding hydrogens is 341 g/mol. The van der Waals surface area contributed by atoms with Gasteiger partial charge in [-0.05, 0) is 35.9 Å². The molecule has 0 atom stereocenters. The van der Waals surface area contributed by atoms with Crippen LogP contribution in [0.5, 0.6) is 0 Å². The van der Waals surface area contributed by atoms with E-state index in [2.05, 4.69) is 56.8 Å². The predicted molar refractivity (Wildman–Crippen MR) is 80.5 cm³/mol. The molecule has 0 amide bonds. The lowest BCUT2D eigenvalue weighted by Crippen LogP contribution is -2.07. The Hall–Kier alpha value is -1.18. The Labute approximate surface area is 120 Å². The second-order valence-electron chi connectivity index (χ2n) is 3.94. The minimum absolute atomic E-state index is 0.733. The van der Waals surface area contributed by atoms with E-state index < -0.39 is 0 Å². The van der Waals surface area contributed by atoms with Gasteiger partial charge in [0.1, 0.15) is 5.82 Å². The number of nitrogens with one attached hydrogen (secondary N) is 1. The van der Waals surface area contributed by atoms with Crippen LogP contribution in [0.3, 0.4) is 0 Å². The Balaban J connectivity index is 2.51. The zero-order chi connectivity index (χ0) is 13.1. The molecule has 0 aliphatic heterocycles. The van der Waals surface area contributed by atoms with Crippen LogP contribution in [0.2, 0.25) is 0 Å². The molecule has 0 aliphatic rings. The summed E-state index contributed by atoms with van der Waals surface area (Å²) in [7, 11) is 1.89. The van der Waals surface area contributed by atoms with Crippen molar-refractivity contribution in [3.05, 3.63) is 21.7 Å². The maximum atomic E-state index is 4.61. The number of aryl methyl sites for hydroxylation is 2. The zero-order valence-electron chi connectivity index (χ0n) is 10.7. The van der Waals surface area contributed by atoms with Crippen molar-refractivity contribution in [2.75, 3.05) is 11.9 Å². The van der Waals surface area contributed by atoms with E-state index in [1.807, 2.05) is 13.2 Å². The Morgan fingerprint density at radius 2 is 2.11 bits per heavy atom. The van der Waals surface area contributed by atoms with Crippen molar-refractivity contribution in [1.29, 1.82) is 0 Å². The van der Waals surface area contributed by atoms with E-state index in [0.717, 1.165) is 39.4 Å². The standard InChI is InChI=1S/C12H16IN5/c1-4-9-10(13)12(14-5-2)17-11(16-9)8-6-15-18(3)7-8/h6-7H,4-5H2,1-3H3,(H,14,16,17). The van der Waals surface area contributed by atoms with Crippen LogP contribution in [-0.2, 0) is 13.5 Å². The van der Waals surface area contributed by atoms with Gasteiger partial charge in [-0.3, -0.25) is 4.68 Å². The van der Waals surface area contributed by atoms with E-state index in [1.54, 1.807) is 10.9 Å². The van der Waals surface area contributed by atoms with Crippen LogP contribution in [0, 0.1) is 3.57 Å². The van der Waals surface area contributed by atoms with Gasteiger partial charge in [0.2, 0.25) is 0 Å². The minimum atomic E-state index is 0.733. The number of anilines is 1. The lowest BCUT2D eigenvalue weighted by molar-refractivity contribution is 0.768. The highest BCUT2D eigenvalue weighted by atomic mass is 127. The average molecular weight is 357 g/mol. The van der Waals surface area contributed by atoms with Crippen LogP contribution < -0.4 is 5.32 Å². The second-order valence-corrected chi connectivity index (χ2v) is 5.02. The predicted octanol–water partition coefficient (Wildman–Crippen LogP) is 2.48. The van der Waals surface area contributed by atoms with E-state index in [4.69, 9.17) is 0 Å². The highest BCUT2D eigenvalue weighted by molar-refractivity contribution is 14.1. The molecule has 0 radical (unpaired) electrons. The summed E-state index contributed by atoms with van der Waals surface area (Å²) in [5.74, 6) is 1.64. The van der Waals surface area contributed by atoms with Gasteiger partial charge in [-0.2, -0.15) is 5.10 Å². The number of aromatic nitrogens is 4. The molecule has 2 aromatic rings. The Morgan fingerprint density at radius 1 is 1.33 bits per heavy atom. The fourth-order valence-electron chi connectivity index (χ4n) is 1.68. The molecule has 2 rings (SSSR count). The molecule has 0 fully saturated rings. The van der Waals surface area contributed by atoms with Gasteiger partial charge in [-0.25, -0.2) is 9.97 Å². The van der Waals surface area contributed by atoms with Gasteiger partial charge in [0, 0.05) is 19.8 Å². The Bertz CT molecular complexity index is 549. The van der Waals surface area contributed by atoms with Crippen molar-refractivity contribution in [3.63, 3.8) is 0 Å². The fraction of sp³-hybridized carbons (Fsp3) is 0.417. The average Bonchev–Trinajstić information content (AvgIpc) is 2.79. The van der Waals surface area contributed by atoms with Gasteiger partial charge in [-0.15, -0.1) is 0 Å². The Kier molecular flexibility index (Phi) is 4.15. The molecule has 5 nitrogen and oxygen atoms in total. The quantitative estimate of drug-likeness (QED) is 0.855. The number of nitrogens with zero attached hydrogens (tertiary/aromatic N) is 4. The van der Waals surface area contributed by atoms with Crippen molar-refractivity contribution < 1.29 is 0 Å². The maximum absolute atomic E-state index is 4.61. The van der Waals surface area contributed by atoms with Crippen molar-refractivity contribution in [3.8, 4) is 11.4 Å². The summed E-state index contributed by atoms with van der Waals surface area (Å²) in [5.41, 5.74) is 2.02. The van der Waals surface area contributed by atoms with Gasteiger partial charge in [0.05, 0.1) is 21.0 Å². The molecule has 2 heterocycles. The molecule has 0 spiro atoms. The molecular formula is C12H16IN5. The van der Waals surface area contributed by atoms with Crippen molar-refractivity contribution in [2.24, 2.45) is 7.05 Å². The lowest BCUT2D eigenvalue weighted by atomic mass is 10.2. The van der Waals surface area contributed by atoms with Crippen LogP contribution >= 0.6 is 22.6 Å². The van der Waals surface area contributed by atoms with Crippen LogP contribution in [0.4, 0.5) is 5.82 Å². The van der Waals surface area contributed by atoms with Gasteiger partial charge < -0.3 is 5.32 Å². The number of hydrogen-bond acceptors (Lipinski definition) is 4. The monoisotopic (exact) mass is 357 g/mol. The molecule has 2 aromatic heterocycles. The van der Waals surface area contributed by atoms with Crippen molar-refractivity contribution in [1.82, 2.24) is 19.7 Å². The molecule has 0 saturated carbocycles. The molecule has 0 bridgehead atoms. The van der Waals surface area contributed by atoms with E-state index in [9.17, 15) is 0 Å². The third-order valence-corrected chi connectivity index (χ3v) is 3.70. The van der Waals surface area contributed by atoms with Crippen molar-refractivity contribution in [2.45, 2.75) is 20.3 Å². The SMILES string of the molecule is CCNc1nc(-c2cnn(C)c2)nc(CC)c1I. The molecule has 1 N–H and O–H groups in total. The highest BCUT2D eigenvalue weighted by Gasteiger charge is 2.12. The summed E-state index contributed by atoms with van der Waals surface area (Å²) < 4.78 is 2.86. The van der Waals surface area contributed by atoms with Gasteiger partial charge in [0.25, 0.3) is 0 Å². The Morgan fingerprint density at radius 3 is 2.67 bits per heavy atom. The summed E-state index contributed by atoms with van der Waals surface area (Å²) in [5, 5.41) is 7.44. The summed E-state index contributed by atoms with van der Waals surface area (Å²) in [6.07, 6.45) is 4.61. The summed E-state index contributed by atoms with van der Waals surface area (Å²) >= 11 is 2.30. The molecule has 0 saturated heterocycles. The van der Waals surface area contributed by atoms with E-state index in [1.165, 1.54) is 0 Å². The zero-order valence-corrected chi connectivity index (χ0v) is 12.9. The smallest absolute Gasteiger partial charge is 0.165 e. The minimum Gasteiger partial charge on any atom is -0.369 e. The van der Waals surface area contributed by atoms with E-state index in [0.29, 0.717) is 0 Å². The second kappa shape index (κ2) is 5.64. The van der Waals surface area contributed by atoms with E-state index in [-0.39, 0.29) is 0 Å². The third kappa shape index (κ3) is 2.63. The lowest BCUT2D eigenvalue weighted by Gasteiger charge is -2.10. The highest BCUT2D eigenvalue weighted by Crippen LogP contribution is 2.24. The maximum Gasteiger partial charge on any atom is 0.165 e.